The largest absolute Gasteiger partial charge is 0.345 e. The van der Waals surface area contributed by atoms with E-state index in [4.69, 9.17) is 0 Å². The van der Waals surface area contributed by atoms with Gasteiger partial charge in [-0.25, -0.2) is 0 Å². The monoisotopic (exact) mass is 400 g/mol. The highest BCUT2D eigenvalue weighted by Crippen LogP contribution is 2.22. The first-order valence-corrected chi connectivity index (χ1v) is 9.93. The van der Waals surface area contributed by atoms with E-state index in [1.54, 1.807) is 28.0 Å². The van der Waals surface area contributed by atoms with Crippen LogP contribution in [-0.4, -0.2) is 30.3 Å². The fourth-order valence-corrected chi connectivity index (χ4v) is 3.74. The fourth-order valence-electron chi connectivity index (χ4n) is 3.05. The molecule has 1 N–H and O–H groups in total. The summed E-state index contributed by atoms with van der Waals surface area (Å²) >= 11 is 1.62. The van der Waals surface area contributed by atoms with Crippen LogP contribution in [0.25, 0.3) is 21.9 Å². The summed E-state index contributed by atoms with van der Waals surface area (Å²) in [6, 6.07) is 19.2. The van der Waals surface area contributed by atoms with E-state index in [0.717, 1.165) is 16.3 Å². The number of benzene rings is 1. The van der Waals surface area contributed by atoms with Gasteiger partial charge in [0.15, 0.2) is 11.5 Å². The summed E-state index contributed by atoms with van der Waals surface area (Å²) in [7, 11) is 0. The molecule has 5 rings (SSSR count). The number of amides is 1. The third-order valence-corrected chi connectivity index (χ3v) is 5.43. The van der Waals surface area contributed by atoms with Gasteiger partial charge in [0.05, 0.1) is 11.4 Å². The lowest BCUT2D eigenvalue weighted by Crippen LogP contribution is -2.24. The number of carbonyl (C=O) groups is 1. The van der Waals surface area contributed by atoms with Crippen molar-refractivity contribution < 1.29 is 4.79 Å². The van der Waals surface area contributed by atoms with Gasteiger partial charge in [-0.3, -0.25) is 4.79 Å². The number of nitrogens with zero attached hydrogens (tertiary/aromatic N) is 5. The number of thiophene rings is 1. The van der Waals surface area contributed by atoms with Crippen LogP contribution in [0.3, 0.4) is 0 Å². The van der Waals surface area contributed by atoms with Crippen molar-refractivity contribution in [3.63, 3.8) is 0 Å². The van der Waals surface area contributed by atoms with Crippen molar-refractivity contribution in [1.82, 2.24) is 29.7 Å². The van der Waals surface area contributed by atoms with E-state index in [2.05, 4.69) is 20.6 Å². The molecule has 1 amide bonds. The van der Waals surface area contributed by atoms with Gasteiger partial charge >= 0.3 is 0 Å². The second kappa shape index (κ2) is 7.33. The van der Waals surface area contributed by atoms with Crippen LogP contribution in [0.1, 0.15) is 16.2 Å². The van der Waals surface area contributed by atoms with E-state index in [1.165, 1.54) is 0 Å². The van der Waals surface area contributed by atoms with Crippen LogP contribution in [0.4, 0.5) is 0 Å². The molecule has 0 aliphatic heterocycles. The minimum Gasteiger partial charge on any atom is -0.345 e. The van der Waals surface area contributed by atoms with E-state index in [1.807, 2.05) is 70.9 Å². The van der Waals surface area contributed by atoms with Crippen LogP contribution in [0.2, 0.25) is 0 Å². The van der Waals surface area contributed by atoms with Gasteiger partial charge in [-0.2, -0.15) is 9.61 Å². The van der Waals surface area contributed by atoms with Gasteiger partial charge in [-0.05, 0) is 60.0 Å². The molecule has 0 fully saturated rings. The minimum absolute atomic E-state index is 0.171. The molecule has 1 aromatic carbocycles. The Balaban J connectivity index is 1.32. The zero-order chi connectivity index (χ0) is 19.6. The quantitative estimate of drug-likeness (QED) is 0.489. The van der Waals surface area contributed by atoms with Crippen molar-refractivity contribution in [3.05, 3.63) is 89.8 Å². The number of nitrogens with one attached hydrogen (secondary N) is 1. The number of carbonyl (C=O) groups excluding carboxylic acids is 1. The Morgan fingerprint density at radius 2 is 1.79 bits per heavy atom. The lowest BCUT2D eigenvalue weighted by atomic mass is 10.2. The van der Waals surface area contributed by atoms with Crippen LogP contribution >= 0.6 is 11.3 Å². The van der Waals surface area contributed by atoms with Crippen molar-refractivity contribution in [2.24, 2.45) is 0 Å². The molecule has 0 saturated heterocycles. The topological polar surface area (TPSA) is 77.1 Å². The van der Waals surface area contributed by atoms with Crippen LogP contribution < -0.4 is 5.32 Å². The normalized spacial score (nSPS) is 11.0. The first kappa shape index (κ1) is 17.3. The smallest absolute Gasteiger partial charge is 0.251 e. The highest BCUT2D eigenvalue weighted by Gasteiger charge is 2.12. The summed E-state index contributed by atoms with van der Waals surface area (Å²) in [5.74, 6) is 0.408. The molecule has 5 aromatic rings. The van der Waals surface area contributed by atoms with Gasteiger partial charge in [0.25, 0.3) is 5.91 Å². The van der Waals surface area contributed by atoms with Crippen molar-refractivity contribution in [3.8, 4) is 16.3 Å². The number of rotatable bonds is 5. The van der Waals surface area contributed by atoms with Crippen LogP contribution in [0, 0.1) is 0 Å². The van der Waals surface area contributed by atoms with Crippen molar-refractivity contribution in [2.45, 2.75) is 6.54 Å². The Kier molecular flexibility index (Phi) is 4.38. The number of fused-ring (bicyclic) bond motifs is 1. The van der Waals surface area contributed by atoms with Gasteiger partial charge in [0, 0.05) is 23.6 Å². The first-order chi connectivity index (χ1) is 14.3. The highest BCUT2D eigenvalue weighted by molar-refractivity contribution is 7.13. The summed E-state index contributed by atoms with van der Waals surface area (Å²) in [6.07, 6.45) is 3.92. The first-order valence-electron chi connectivity index (χ1n) is 9.05. The molecular formula is C21H16N6OS. The Bertz CT molecular complexity index is 1260. The van der Waals surface area contributed by atoms with Gasteiger partial charge in [-0.15, -0.1) is 21.5 Å². The predicted octanol–water partition coefficient (Wildman–Crippen LogP) is 3.57. The number of hydrogen-bond donors (Lipinski definition) is 1. The van der Waals surface area contributed by atoms with Crippen molar-refractivity contribution in [2.75, 3.05) is 0 Å². The average Bonchev–Trinajstić information content (AvgIpc) is 3.54. The summed E-state index contributed by atoms with van der Waals surface area (Å²) in [5.41, 5.74) is 3.08. The molecule has 0 bridgehead atoms. The van der Waals surface area contributed by atoms with Gasteiger partial charge < -0.3 is 9.88 Å². The maximum absolute atomic E-state index is 12.5. The third kappa shape index (κ3) is 3.41. The Hall–Kier alpha value is -3.78. The molecule has 0 atom stereocenters. The second-order valence-corrected chi connectivity index (χ2v) is 7.35. The number of aromatic nitrogens is 5. The molecule has 0 unspecified atom stereocenters. The number of hydrogen-bond acceptors (Lipinski definition) is 5. The Labute approximate surface area is 170 Å². The zero-order valence-electron chi connectivity index (χ0n) is 15.3. The lowest BCUT2D eigenvalue weighted by molar-refractivity contribution is 0.0949. The Morgan fingerprint density at radius 1 is 0.966 bits per heavy atom. The maximum Gasteiger partial charge on any atom is 0.251 e. The van der Waals surface area contributed by atoms with E-state index in [9.17, 15) is 4.79 Å². The average molecular weight is 400 g/mol. The Morgan fingerprint density at radius 3 is 2.55 bits per heavy atom. The van der Waals surface area contributed by atoms with E-state index < -0.39 is 0 Å². The molecule has 142 valence electrons. The zero-order valence-corrected chi connectivity index (χ0v) is 16.1. The molecule has 0 aliphatic carbocycles. The maximum atomic E-state index is 12.5. The molecule has 7 nitrogen and oxygen atoms in total. The van der Waals surface area contributed by atoms with E-state index >= 15 is 0 Å². The minimum atomic E-state index is -0.171. The molecule has 0 radical (unpaired) electrons. The SMILES string of the molecule is O=C(NCc1nnc2ccc(-c3cccs3)nn12)c1ccc(-n2cccc2)cc1. The second-order valence-electron chi connectivity index (χ2n) is 6.40. The molecule has 4 aromatic heterocycles. The predicted molar refractivity (Wildman–Crippen MR) is 111 cm³/mol. The summed E-state index contributed by atoms with van der Waals surface area (Å²) < 4.78 is 3.66. The van der Waals surface area contributed by atoms with Crippen LogP contribution in [0.15, 0.2) is 78.4 Å². The van der Waals surface area contributed by atoms with E-state index in [0.29, 0.717) is 17.0 Å². The molecule has 0 saturated carbocycles. The third-order valence-electron chi connectivity index (χ3n) is 4.54. The summed E-state index contributed by atoms with van der Waals surface area (Å²) in [4.78, 5) is 13.6. The summed E-state index contributed by atoms with van der Waals surface area (Å²) in [6.45, 7) is 0.236. The highest BCUT2D eigenvalue weighted by atomic mass is 32.1. The molecule has 0 spiro atoms. The molecule has 8 heteroatoms. The van der Waals surface area contributed by atoms with Gasteiger partial charge in [0.2, 0.25) is 0 Å². The lowest BCUT2D eigenvalue weighted by Gasteiger charge is -2.06. The van der Waals surface area contributed by atoms with Crippen molar-refractivity contribution >= 4 is 22.9 Å². The fraction of sp³-hybridized carbons (Fsp3) is 0.0476. The van der Waals surface area contributed by atoms with E-state index in [-0.39, 0.29) is 12.5 Å². The van der Waals surface area contributed by atoms with Gasteiger partial charge in [-0.1, -0.05) is 6.07 Å². The van der Waals surface area contributed by atoms with Crippen LogP contribution in [-0.2, 0) is 6.54 Å². The molecule has 4 heterocycles. The summed E-state index contributed by atoms with van der Waals surface area (Å²) in [5, 5.41) is 17.8. The van der Waals surface area contributed by atoms with Crippen LogP contribution in [0.5, 0.6) is 0 Å². The molecule has 0 aliphatic rings. The molecular weight excluding hydrogens is 384 g/mol. The van der Waals surface area contributed by atoms with Crippen molar-refractivity contribution in [1.29, 1.82) is 0 Å². The standard InChI is InChI=1S/C21H16N6OS/c28-21(15-5-7-16(8-6-15)26-11-1-2-12-26)22-14-20-24-23-19-10-9-17(25-27(19)20)18-4-3-13-29-18/h1-13H,14H2,(H,22,28). The molecule has 29 heavy (non-hydrogen) atoms. The van der Waals surface area contributed by atoms with Gasteiger partial charge in [0.1, 0.15) is 5.69 Å².